The molecule has 1 heterocycles. The van der Waals surface area contributed by atoms with Crippen LogP contribution in [0.15, 0.2) is 6.07 Å². The van der Waals surface area contributed by atoms with Gasteiger partial charge in [0.2, 0.25) is 5.91 Å². The molecular formula is C14H25N5O2. The molecule has 0 saturated heterocycles. The van der Waals surface area contributed by atoms with E-state index in [1.807, 2.05) is 13.8 Å². The maximum absolute atomic E-state index is 11.8. The Labute approximate surface area is 125 Å². The number of hydrogen-bond acceptors (Lipinski definition) is 4. The number of aromatic nitrogens is 2. The maximum Gasteiger partial charge on any atom is 0.271 e. The molecule has 1 aromatic heterocycles. The summed E-state index contributed by atoms with van der Waals surface area (Å²) in [4.78, 5) is 23.5. The van der Waals surface area contributed by atoms with Crippen LogP contribution in [-0.4, -0.2) is 35.1 Å². The van der Waals surface area contributed by atoms with Crippen molar-refractivity contribution in [2.75, 3.05) is 18.4 Å². The second-order valence-corrected chi connectivity index (χ2v) is 5.42. The predicted octanol–water partition coefficient (Wildman–Crippen LogP) is 1.25. The van der Waals surface area contributed by atoms with Crippen LogP contribution in [0.3, 0.4) is 0 Å². The average Bonchev–Trinajstić information content (AvgIpc) is 2.89. The fourth-order valence-corrected chi connectivity index (χ4v) is 1.71. The molecule has 0 aliphatic rings. The largest absolute Gasteiger partial charge is 0.350 e. The number of hydrogen-bond donors (Lipinski definition) is 4. The van der Waals surface area contributed by atoms with Crippen molar-refractivity contribution in [1.29, 1.82) is 0 Å². The van der Waals surface area contributed by atoms with Crippen molar-refractivity contribution in [2.24, 2.45) is 11.7 Å². The number of rotatable bonds is 9. The molecule has 21 heavy (non-hydrogen) atoms. The summed E-state index contributed by atoms with van der Waals surface area (Å²) < 4.78 is 0. The van der Waals surface area contributed by atoms with E-state index in [0.717, 1.165) is 19.3 Å². The molecule has 0 radical (unpaired) electrons. The summed E-state index contributed by atoms with van der Waals surface area (Å²) in [6.45, 7) is 5.27. The fraction of sp³-hybridized carbons (Fsp3) is 0.643. The van der Waals surface area contributed by atoms with Gasteiger partial charge in [0.1, 0.15) is 5.82 Å². The molecule has 0 unspecified atom stereocenters. The molecule has 1 rings (SSSR count). The zero-order valence-corrected chi connectivity index (χ0v) is 12.7. The van der Waals surface area contributed by atoms with Gasteiger partial charge in [-0.15, -0.1) is 0 Å². The molecule has 7 heteroatoms. The van der Waals surface area contributed by atoms with E-state index in [1.54, 1.807) is 0 Å². The highest BCUT2D eigenvalue weighted by atomic mass is 16.2. The van der Waals surface area contributed by atoms with Crippen molar-refractivity contribution in [3.63, 3.8) is 0 Å². The van der Waals surface area contributed by atoms with Crippen LogP contribution in [-0.2, 0) is 4.79 Å². The number of nitrogens with two attached hydrogens (primary N) is 1. The first-order valence-corrected chi connectivity index (χ1v) is 7.36. The number of unbranched alkanes of at least 4 members (excludes halogenated alkanes) is 2. The van der Waals surface area contributed by atoms with Gasteiger partial charge in [-0.2, -0.15) is 5.10 Å². The molecule has 118 valence electrons. The van der Waals surface area contributed by atoms with Crippen molar-refractivity contribution in [1.82, 2.24) is 15.5 Å². The van der Waals surface area contributed by atoms with Gasteiger partial charge in [0.05, 0.1) is 0 Å². The highest BCUT2D eigenvalue weighted by Crippen LogP contribution is 2.07. The average molecular weight is 295 g/mol. The molecule has 0 fully saturated rings. The third-order valence-corrected chi connectivity index (χ3v) is 2.86. The van der Waals surface area contributed by atoms with Gasteiger partial charge in [-0.25, -0.2) is 0 Å². The molecule has 0 saturated carbocycles. The summed E-state index contributed by atoms with van der Waals surface area (Å²) in [6, 6.07) is 1.54. The van der Waals surface area contributed by atoms with Gasteiger partial charge in [-0.1, -0.05) is 20.3 Å². The van der Waals surface area contributed by atoms with Crippen LogP contribution in [0.5, 0.6) is 0 Å². The summed E-state index contributed by atoms with van der Waals surface area (Å²) in [5.74, 6) is 0.474. The van der Waals surface area contributed by atoms with Crippen molar-refractivity contribution >= 4 is 17.6 Å². The summed E-state index contributed by atoms with van der Waals surface area (Å²) in [7, 11) is 0. The minimum absolute atomic E-state index is 0.0928. The summed E-state index contributed by atoms with van der Waals surface area (Å²) in [5, 5.41) is 12.0. The number of carbonyl (C=O) groups excluding carboxylic acids is 2. The normalized spacial score (nSPS) is 10.7. The molecule has 0 aromatic carbocycles. The number of nitrogens with zero attached hydrogens (tertiary/aromatic N) is 1. The number of carbonyl (C=O) groups is 2. The smallest absolute Gasteiger partial charge is 0.271 e. The lowest BCUT2D eigenvalue weighted by Gasteiger charge is -2.04. The Morgan fingerprint density at radius 3 is 2.76 bits per heavy atom. The first-order chi connectivity index (χ1) is 10.0. The van der Waals surface area contributed by atoms with E-state index >= 15 is 0 Å². The van der Waals surface area contributed by atoms with Crippen LogP contribution in [0.25, 0.3) is 0 Å². The van der Waals surface area contributed by atoms with Crippen molar-refractivity contribution in [2.45, 2.75) is 39.5 Å². The standard InChI is InChI=1S/C14H25N5O2/c1-10(2)9-16-14(21)11-8-12(19-18-11)17-13(20)6-4-3-5-7-15/h8,10H,3-7,9,15H2,1-2H3,(H,16,21)(H2,17,18,19,20). The summed E-state index contributed by atoms with van der Waals surface area (Å²) >= 11 is 0. The third kappa shape index (κ3) is 6.89. The Morgan fingerprint density at radius 2 is 2.10 bits per heavy atom. The SMILES string of the molecule is CC(C)CNC(=O)c1cc(NC(=O)CCCCCN)[nH]n1. The third-order valence-electron chi connectivity index (χ3n) is 2.86. The van der Waals surface area contributed by atoms with Crippen LogP contribution in [0.2, 0.25) is 0 Å². The Morgan fingerprint density at radius 1 is 1.33 bits per heavy atom. The highest BCUT2D eigenvalue weighted by molar-refractivity contribution is 5.95. The zero-order chi connectivity index (χ0) is 15.7. The Kier molecular flexibility index (Phi) is 7.45. The number of nitrogens with one attached hydrogen (secondary N) is 3. The molecule has 0 bridgehead atoms. The zero-order valence-electron chi connectivity index (χ0n) is 12.7. The van der Waals surface area contributed by atoms with Crippen molar-refractivity contribution in [3.05, 3.63) is 11.8 Å². The van der Waals surface area contributed by atoms with Crippen molar-refractivity contribution < 1.29 is 9.59 Å². The minimum atomic E-state index is -0.247. The van der Waals surface area contributed by atoms with Gasteiger partial charge in [0.15, 0.2) is 5.69 Å². The van der Waals surface area contributed by atoms with Gasteiger partial charge in [-0.05, 0) is 25.3 Å². The first kappa shape index (κ1) is 17.2. The van der Waals surface area contributed by atoms with Crippen LogP contribution >= 0.6 is 0 Å². The summed E-state index contributed by atoms with van der Waals surface area (Å²) in [6.07, 6.45) is 3.11. The number of H-pyrrole nitrogens is 1. The van der Waals surface area contributed by atoms with E-state index in [-0.39, 0.29) is 17.5 Å². The monoisotopic (exact) mass is 295 g/mol. The second kappa shape index (κ2) is 9.12. The Hall–Kier alpha value is -1.89. The molecular weight excluding hydrogens is 270 g/mol. The minimum Gasteiger partial charge on any atom is -0.350 e. The summed E-state index contributed by atoms with van der Waals surface area (Å²) in [5.41, 5.74) is 5.66. The van der Waals surface area contributed by atoms with E-state index < -0.39 is 0 Å². The van der Waals surface area contributed by atoms with Gasteiger partial charge in [0, 0.05) is 19.0 Å². The Bertz CT molecular complexity index is 456. The maximum atomic E-state index is 11.8. The predicted molar refractivity (Wildman–Crippen MR) is 81.9 cm³/mol. The number of amides is 2. The van der Waals surface area contributed by atoms with Crippen LogP contribution in [0.1, 0.15) is 50.0 Å². The van der Waals surface area contributed by atoms with Gasteiger partial charge in [-0.3, -0.25) is 14.7 Å². The lowest BCUT2D eigenvalue weighted by Crippen LogP contribution is -2.27. The second-order valence-electron chi connectivity index (χ2n) is 5.42. The molecule has 0 spiro atoms. The molecule has 0 aliphatic carbocycles. The van der Waals surface area contributed by atoms with Crippen LogP contribution < -0.4 is 16.4 Å². The molecule has 5 N–H and O–H groups in total. The highest BCUT2D eigenvalue weighted by Gasteiger charge is 2.11. The van der Waals surface area contributed by atoms with E-state index in [1.165, 1.54) is 6.07 Å². The lowest BCUT2D eigenvalue weighted by atomic mass is 10.2. The molecule has 1 aromatic rings. The molecule has 7 nitrogen and oxygen atoms in total. The van der Waals surface area contributed by atoms with Crippen LogP contribution in [0.4, 0.5) is 5.82 Å². The van der Waals surface area contributed by atoms with E-state index in [0.29, 0.717) is 31.2 Å². The van der Waals surface area contributed by atoms with Gasteiger partial charge < -0.3 is 16.4 Å². The number of anilines is 1. The van der Waals surface area contributed by atoms with Gasteiger partial charge in [0.25, 0.3) is 5.91 Å². The van der Waals surface area contributed by atoms with Crippen LogP contribution in [0, 0.1) is 5.92 Å². The molecule has 0 atom stereocenters. The van der Waals surface area contributed by atoms with E-state index in [2.05, 4.69) is 20.8 Å². The topological polar surface area (TPSA) is 113 Å². The Balaban J connectivity index is 2.37. The molecule has 0 aliphatic heterocycles. The fourth-order valence-electron chi connectivity index (χ4n) is 1.71. The van der Waals surface area contributed by atoms with E-state index in [9.17, 15) is 9.59 Å². The quantitative estimate of drug-likeness (QED) is 0.513. The van der Waals surface area contributed by atoms with Crippen molar-refractivity contribution in [3.8, 4) is 0 Å². The first-order valence-electron chi connectivity index (χ1n) is 7.36. The van der Waals surface area contributed by atoms with E-state index in [4.69, 9.17) is 5.73 Å². The lowest BCUT2D eigenvalue weighted by molar-refractivity contribution is -0.116. The van der Waals surface area contributed by atoms with Gasteiger partial charge >= 0.3 is 0 Å². The molecule has 2 amide bonds. The number of aromatic amines is 1.